The summed E-state index contributed by atoms with van der Waals surface area (Å²) in [5.74, 6) is -2.40. The number of hydrogen-bond donors (Lipinski definition) is 2. The Kier molecular flexibility index (Phi) is 7.00. The van der Waals surface area contributed by atoms with Crippen molar-refractivity contribution in [3.63, 3.8) is 0 Å². The van der Waals surface area contributed by atoms with Crippen LogP contribution < -0.4 is 16.4 Å². The van der Waals surface area contributed by atoms with Crippen molar-refractivity contribution in [2.45, 2.75) is 32.6 Å². The van der Waals surface area contributed by atoms with E-state index < -0.39 is 29.1 Å². The minimum atomic E-state index is -4.97. The van der Waals surface area contributed by atoms with Gasteiger partial charge in [-0.1, -0.05) is 24.3 Å². The summed E-state index contributed by atoms with van der Waals surface area (Å²) in [5.41, 5.74) is -0.157. The second-order valence-electron chi connectivity index (χ2n) is 7.26. The highest BCUT2D eigenvalue weighted by Gasteiger charge is 2.41. The van der Waals surface area contributed by atoms with Gasteiger partial charge in [0.05, 0.1) is 17.3 Å². The summed E-state index contributed by atoms with van der Waals surface area (Å²) < 4.78 is 39.2. The standard InChI is InChI=1S/C22H21F3N4O4/c1-2-28(21(33)22(23,24)25)13-14-6-5-7-15(12-14)26-18(30)10-11-29-20(32)17-9-4-3-8-16(17)19(31)27-29/h3-9,12H,2,10-11,13H2,1H3,(H,26,30)(H,27,31). The number of benzene rings is 2. The van der Waals surface area contributed by atoms with Gasteiger partial charge in [-0.25, -0.2) is 4.68 Å². The topological polar surface area (TPSA) is 104 Å². The van der Waals surface area contributed by atoms with E-state index in [1.165, 1.54) is 25.1 Å². The molecule has 33 heavy (non-hydrogen) atoms. The number of hydrogen-bond acceptors (Lipinski definition) is 4. The number of aromatic amines is 1. The molecule has 2 amide bonds. The van der Waals surface area contributed by atoms with Crippen LogP contribution >= 0.6 is 0 Å². The van der Waals surface area contributed by atoms with Crippen LogP contribution in [0.4, 0.5) is 18.9 Å². The number of amides is 2. The molecule has 0 spiro atoms. The summed E-state index contributed by atoms with van der Waals surface area (Å²) >= 11 is 0. The third kappa shape index (κ3) is 5.68. The molecule has 0 saturated heterocycles. The van der Waals surface area contributed by atoms with Crippen LogP contribution in [0.15, 0.2) is 58.1 Å². The van der Waals surface area contributed by atoms with Gasteiger partial charge in [0.1, 0.15) is 0 Å². The fraction of sp³-hybridized carbons (Fsp3) is 0.273. The second-order valence-corrected chi connectivity index (χ2v) is 7.26. The number of aryl methyl sites for hydroxylation is 1. The molecule has 0 fully saturated rings. The molecule has 3 aromatic rings. The Morgan fingerprint density at radius 1 is 1.06 bits per heavy atom. The molecule has 3 rings (SSSR count). The van der Waals surface area contributed by atoms with Crippen LogP contribution in [0, 0.1) is 0 Å². The van der Waals surface area contributed by atoms with Gasteiger partial charge < -0.3 is 10.2 Å². The SMILES string of the molecule is CCN(Cc1cccc(NC(=O)CCn2[nH]c(=O)c3ccccc3c2=O)c1)C(=O)C(F)(F)F. The maximum absolute atomic E-state index is 12.7. The van der Waals surface area contributed by atoms with Crippen LogP contribution in [-0.2, 0) is 22.7 Å². The molecule has 1 heterocycles. The molecule has 0 aliphatic heterocycles. The van der Waals surface area contributed by atoms with E-state index in [0.29, 0.717) is 16.2 Å². The first kappa shape index (κ1) is 23.8. The summed E-state index contributed by atoms with van der Waals surface area (Å²) in [6.07, 6.45) is -5.10. The molecule has 2 aromatic carbocycles. The molecule has 0 unspecified atom stereocenters. The van der Waals surface area contributed by atoms with Crippen molar-refractivity contribution in [1.82, 2.24) is 14.7 Å². The van der Waals surface area contributed by atoms with Crippen LogP contribution in [-0.4, -0.2) is 39.2 Å². The van der Waals surface area contributed by atoms with E-state index in [2.05, 4.69) is 10.4 Å². The van der Waals surface area contributed by atoms with Gasteiger partial charge in [-0.3, -0.25) is 24.3 Å². The molecule has 0 atom stereocenters. The summed E-state index contributed by atoms with van der Waals surface area (Å²) in [5, 5.41) is 5.53. The normalized spacial score (nSPS) is 11.4. The molecule has 0 radical (unpaired) electrons. The fourth-order valence-electron chi connectivity index (χ4n) is 3.32. The minimum Gasteiger partial charge on any atom is -0.331 e. The molecule has 11 heteroatoms. The van der Waals surface area contributed by atoms with E-state index in [4.69, 9.17) is 0 Å². The molecule has 0 aliphatic rings. The van der Waals surface area contributed by atoms with Gasteiger partial charge in [0.25, 0.3) is 11.1 Å². The van der Waals surface area contributed by atoms with E-state index in [1.54, 1.807) is 30.3 Å². The lowest BCUT2D eigenvalue weighted by Crippen LogP contribution is -2.40. The first-order valence-electron chi connectivity index (χ1n) is 10.1. The Morgan fingerprint density at radius 3 is 2.42 bits per heavy atom. The average molecular weight is 462 g/mol. The third-order valence-electron chi connectivity index (χ3n) is 4.94. The van der Waals surface area contributed by atoms with E-state index in [0.717, 1.165) is 4.68 Å². The number of aromatic nitrogens is 2. The van der Waals surface area contributed by atoms with Crippen LogP contribution in [0.5, 0.6) is 0 Å². The van der Waals surface area contributed by atoms with E-state index in [-0.39, 0.29) is 36.8 Å². The number of rotatable bonds is 7. The largest absolute Gasteiger partial charge is 0.471 e. The summed E-state index contributed by atoms with van der Waals surface area (Å²) in [4.78, 5) is 49.1. The lowest BCUT2D eigenvalue weighted by molar-refractivity contribution is -0.185. The van der Waals surface area contributed by atoms with Gasteiger partial charge in [-0.15, -0.1) is 0 Å². The van der Waals surface area contributed by atoms with Crippen molar-refractivity contribution in [1.29, 1.82) is 0 Å². The number of nitrogens with zero attached hydrogens (tertiary/aromatic N) is 2. The Bertz CT molecular complexity index is 1300. The molecule has 174 valence electrons. The van der Waals surface area contributed by atoms with Crippen molar-refractivity contribution < 1.29 is 22.8 Å². The maximum atomic E-state index is 12.7. The Hall–Kier alpha value is -3.89. The smallest absolute Gasteiger partial charge is 0.331 e. The Morgan fingerprint density at radius 2 is 1.76 bits per heavy atom. The number of halogens is 3. The lowest BCUT2D eigenvalue weighted by atomic mass is 10.1. The molecule has 0 aliphatic carbocycles. The minimum absolute atomic E-state index is 0.0753. The number of H-pyrrole nitrogens is 1. The number of anilines is 1. The monoisotopic (exact) mass is 462 g/mol. The number of carbonyl (C=O) groups is 2. The van der Waals surface area contributed by atoms with Crippen LogP contribution in [0.1, 0.15) is 18.9 Å². The zero-order chi connectivity index (χ0) is 24.2. The zero-order valence-electron chi connectivity index (χ0n) is 17.6. The molecular weight excluding hydrogens is 441 g/mol. The van der Waals surface area contributed by atoms with Gasteiger partial charge in [-0.2, -0.15) is 13.2 Å². The van der Waals surface area contributed by atoms with Gasteiger partial charge >= 0.3 is 12.1 Å². The number of alkyl halides is 3. The summed E-state index contributed by atoms with van der Waals surface area (Å²) in [7, 11) is 0. The molecule has 0 bridgehead atoms. The van der Waals surface area contributed by atoms with Crippen molar-refractivity contribution in [3.8, 4) is 0 Å². The van der Waals surface area contributed by atoms with Crippen molar-refractivity contribution in [3.05, 3.63) is 74.8 Å². The van der Waals surface area contributed by atoms with E-state index in [9.17, 15) is 32.3 Å². The highest BCUT2D eigenvalue weighted by Crippen LogP contribution is 2.21. The predicted molar refractivity (Wildman–Crippen MR) is 116 cm³/mol. The Balaban J connectivity index is 1.66. The first-order chi connectivity index (χ1) is 15.6. The van der Waals surface area contributed by atoms with Gasteiger partial charge in [0.2, 0.25) is 5.91 Å². The first-order valence-corrected chi connectivity index (χ1v) is 10.1. The van der Waals surface area contributed by atoms with Gasteiger partial charge in [0.15, 0.2) is 0 Å². The highest BCUT2D eigenvalue weighted by molar-refractivity contribution is 5.90. The number of carbonyl (C=O) groups excluding carboxylic acids is 2. The van der Waals surface area contributed by atoms with Gasteiger partial charge in [0, 0.05) is 25.2 Å². The third-order valence-corrected chi connectivity index (χ3v) is 4.94. The molecule has 8 nitrogen and oxygen atoms in total. The van der Waals surface area contributed by atoms with Crippen molar-refractivity contribution in [2.75, 3.05) is 11.9 Å². The van der Waals surface area contributed by atoms with Crippen LogP contribution in [0.25, 0.3) is 10.8 Å². The lowest BCUT2D eigenvalue weighted by Gasteiger charge is -2.22. The number of nitrogens with one attached hydrogen (secondary N) is 2. The van der Waals surface area contributed by atoms with Crippen LogP contribution in [0.2, 0.25) is 0 Å². The van der Waals surface area contributed by atoms with E-state index >= 15 is 0 Å². The zero-order valence-corrected chi connectivity index (χ0v) is 17.6. The molecule has 0 saturated carbocycles. The Labute approximate surface area is 185 Å². The highest BCUT2D eigenvalue weighted by atomic mass is 19.4. The molecule has 2 N–H and O–H groups in total. The average Bonchev–Trinajstić information content (AvgIpc) is 2.78. The summed E-state index contributed by atoms with van der Waals surface area (Å²) in [6.45, 7) is 0.961. The fourth-order valence-corrected chi connectivity index (χ4v) is 3.32. The maximum Gasteiger partial charge on any atom is 0.471 e. The van der Waals surface area contributed by atoms with Crippen molar-refractivity contribution in [2.24, 2.45) is 0 Å². The van der Waals surface area contributed by atoms with Crippen molar-refractivity contribution >= 4 is 28.3 Å². The van der Waals surface area contributed by atoms with E-state index in [1.807, 2.05) is 0 Å². The second kappa shape index (κ2) is 9.72. The molecular formula is C22H21F3N4O4. The number of fused-ring (bicyclic) bond motifs is 1. The van der Waals surface area contributed by atoms with Gasteiger partial charge in [-0.05, 0) is 36.8 Å². The predicted octanol–water partition coefficient (Wildman–Crippen LogP) is 2.63. The van der Waals surface area contributed by atoms with Crippen LogP contribution in [0.3, 0.4) is 0 Å². The molecule has 1 aromatic heterocycles. The summed E-state index contributed by atoms with van der Waals surface area (Å²) in [6, 6.07) is 12.4. The quantitative estimate of drug-likeness (QED) is 0.563.